The molecule has 0 aliphatic carbocycles. The number of nitrogens with zero attached hydrogens (tertiary/aromatic N) is 1. The summed E-state index contributed by atoms with van der Waals surface area (Å²) in [6, 6.07) is 5.52. The number of benzene rings is 1. The molecule has 19 heavy (non-hydrogen) atoms. The van der Waals surface area contributed by atoms with Crippen LogP contribution in [-0.4, -0.2) is 17.0 Å². The van der Waals surface area contributed by atoms with E-state index in [4.69, 9.17) is 10.9 Å². The lowest BCUT2D eigenvalue weighted by atomic mass is 9.93. The molecular weight excluding hydrogens is 310 g/mol. The summed E-state index contributed by atoms with van der Waals surface area (Å²) in [5.41, 5.74) is 7.30. The Balaban J connectivity index is 2.90. The molecule has 1 aromatic rings. The third kappa shape index (κ3) is 3.96. The number of carbonyl (C=O) groups excluding carboxylic acids is 1. The third-order valence-electron chi connectivity index (χ3n) is 2.82. The number of carbonyl (C=O) groups is 1. The Labute approximate surface area is 121 Å². The van der Waals surface area contributed by atoms with Gasteiger partial charge in [0.25, 0.3) is 0 Å². The fourth-order valence-electron chi connectivity index (χ4n) is 1.73. The van der Waals surface area contributed by atoms with E-state index in [0.717, 1.165) is 10.0 Å². The molecule has 0 aromatic heterocycles. The van der Waals surface area contributed by atoms with Crippen LogP contribution in [0.5, 0.6) is 0 Å². The van der Waals surface area contributed by atoms with Gasteiger partial charge < -0.3 is 16.3 Å². The summed E-state index contributed by atoms with van der Waals surface area (Å²) in [6.07, 6.45) is 0. The lowest BCUT2D eigenvalue weighted by molar-refractivity contribution is -0.119. The van der Waals surface area contributed by atoms with Gasteiger partial charge >= 0.3 is 0 Å². The second-order valence-electron chi connectivity index (χ2n) is 4.70. The zero-order valence-corrected chi connectivity index (χ0v) is 12.7. The van der Waals surface area contributed by atoms with Crippen LogP contribution in [-0.2, 0) is 4.79 Å². The van der Waals surface area contributed by atoms with Gasteiger partial charge in [0.05, 0.1) is 0 Å². The molecule has 0 saturated heterocycles. The minimum atomic E-state index is -0.662. The summed E-state index contributed by atoms with van der Waals surface area (Å²) in [6.45, 7) is 5.64. The van der Waals surface area contributed by atoms with Crippen molar-refractivity contribution >= 4 is 33.4 Å². The van der Waals surface area contributed by atoms with Gasteiger partial charge in [-0.2, -0.15) is 0 Å². The minimum Gasteiger partial charge on any atom is -0.409 e. The van der Waals surface area contributed by atoms with E-state index in [1.165, 1.54) is 0 Å². The summed E-state index contributed by atoms with van der Waals surface area (Å²) in [7, 11) is 0. The first-order valence-corrected chi connectivity index (χ1v) is 6.70. The summed E-state index contributed by atoms with van der Waals surface area (Å²) in [5, 5.41) is 14.4. The summed E-state index contributed by atoms with van der Waals surface area (Å²) < 4.78 is 0.912. The van der Waals surface area contributed by atoms with Crippen molar-refractivity contribution in [2.24, 2.45) is 22.7 Å². The molecule has 5 nitrogen and oxygen atoms in total. The molecular formula is C13H18BrN3O2. The van der Waals surface area contributed by atoms with E-state index < -0.39 is 5.92 Å². The molecule has 1 atom stereocenters. The van der Waals surface area contributed by atoms with E-state index >= 15 is 0 Å². The zero-order valence-electron chi connectivity index (χ0n) is 11.1. The highest BCUT2D eigenvalue weighted by atomic mass is 79.9. The van der Waals surface area contributed by atoms with Gasteiger partial charge in [0.15, 0.2) is 5.84 Å². The number of amides is 1. The Hall–Kier alpha value is -1.56. The van der Waals surface area contributed by atoms with Gasteiger partial charge in [-0.15, -0.1) is 0 Å². The van der Waals surface area contributed by atoms with Crippen LogP contribution >= 0.6 is 15.9 Å². The third-order valence-corrected chi connectivity index (χ3v) is 3.68. The Morgan fingerprint density at radius 3 is 2.58 bits per heavy atom. The van der Waals surface area contributed by atoms with E-state index in [9.17, 15) is 4.79 Å². The van der Waals surface area contributed by atoms with Crippen LogP contribution in [0.3, 0.4) is 0 Å². The number of anilines is 1. The molecule has 4 N–H and O–H groups in total. The fourth-order valence-corrected chi connectivity index (χ4v) is 2.11. The number of halogens is 1. The maximum absolute atomic E-state index is 12.2. The highest BCUT2D eigenvalue weighted by Gasteiger charge is 2.26. The lowest BCUT2D eigenvalue weighted by Crippen LogP contribution is -2.38. The first-order chi connectivity index (χ1) is 8.86. The monoisotopic (exact) mass is 327 g/mol. The standard InChI is InChI=1S/C13H18BrN3O2/c1-7(2)11(12(15)17-19)13(18)16-9-5-4-8(3)10(14)6-9/h4-7,11,19H,1-3H3,(H2,15,17)(H,16,18). The predicted octanol–water partition coefficient (Wildman–Crippen LogP) is 2.71. The molecule has 0 saturated carbocycles. The Morgan fingerprint density at radius 2 is 2.11 bits per heavy atom. The number of aryl methyl sites for hydroxylation is 1. The van der Waals surface area contributed by atoms with Crippen molar-refractivity contribution in [2.75, 3.05) is 5.32 Å². The maximum Gasteiger partial charge on any atom is 0.235 e. The molecule has 6 heteroatoms. The van der Waals surface area contributed by atoms with E-state index in [-0.39, 0.29) is 17.7 Å². The van der Waals surface area contributed by atoms with Crippen molar-refractivity contribution in [1.82, 2.24) is 0 Å². The Kier molecular flexibility index (Phi) is 5.35. The van der Waals surface area contributed by atoms with Crippen LogP contribution < -0.4 is 11.1 Å². The molecule has 0 aliphatic rings. The van der Waals surface area contributed by atoms with Crippen LogP contribution in [0.2, 0.25) is 0 Å². The largest absolute Gasteiger partial charge is 0.409 e. The quantitative estimate of drug-likeness (QED) is 0.344. The van der Waals surface area contributed by atoms with Gasteiger partial charge in [-0.25, -0.2) is 0 Å². The maximum atomic E-state index is 12.2. The van der Waals surface area contributed by atoms with Crippen LogP contribution in [0.4, 0.5) is 5.69 Å². The molecule has 1 rings (SSSR count). The molecule has 1 aromatic carbocycles. The van der Waals surface area contributed by atoms with Crippen molar-refractivity contribution < 1.29 is 10.0 Å². The number of nitrogens with two attached hydrogens (primary N) is 1. The van der Waals surface area contributed by atoms with Crippen molar-refractivity contribution in [3.05, 3.63) is 28.2 Å². The molecule has 104 valence electrons. The fraction of sp³-hybridized carbons (Fsp3) is 0.385. The van der Waals surface area contributed by atoms with Crippen molar-refractivity contribution in [3.8, 4) is 0 Å². The number of oxime groups is 1. The molecule has 0 spiro atoms. The van der Waals surface area contributed by atoms with Gasteiger partial charge in [0.2, 0.25) is 5.91 Å². The van der Waals surface area contributed by atoms with Crippen molar-refractivity contribution in [2.45, 2.75) is 20.8 Å². The second kappa shape index (κ2) is 6.56. The van der Waals surface area contributed by atoms with E-state index in [1.54, 1.807) is 0 Å². The summed E-state index contributed by atoms with van der Waals surface area (Å²) in [4.78, 5) is 12.2. The van der Waals surface area contributed by atoms with Crippen molar-refractivity contribution in [1.29, 1.82) is 0 Å². The summed E-state index contributed by atoms with van der Waals surface area (Å²) >= 11 is 3.40. The van der Waals surface area contributed by atoms with Crippen LogP contribution in [0.1, 0.15) is 19.4 Å². The Morgan fingerprint density at radius 1 is 1.47 bits per heavy atom. The number of rotatable bonds is 4. The van der Waals surface area contributed by atoms with E-state index in [2.05, 4.69) is 26.4 Å². The minimum absolute atomic E-state index is 0.0650. The molecule has 0 heterocycles. The lowest BCUT2D eigenvalue weighted by Gasteiger charge is -2.19. The molecule has 0 radical (unpaired) electrons. The molecule has 1 unspecified atom stereocenters. The van der Waals surface area contributed by atoms with E-state index in [1.807, 2.05) is 39.0 Å². The van der Waals surface area contributed by atoms with Crippen LogP contribution in [0, 0.1) is 18.8 Å². The van der Waals surface area contributed by atoms with Gasteiger partial charge in [-0.3, -0.25) is 4.79 Å². The van der Waals surface area contributed by atoms with Crippen LogP contribution in [0.15, 0.2) is 27.8 Å². The average molecular weight is 328 g/mol. The SMILES string of the molecule is Cc1ccc(NC(=O)C(C(N)=NO)C(C)C)cc1Br. The number of hydrogen-bond acceptors (Lipinski definition) is 3. The van der Waals surface area contributed by atoms with Gasteiger partial charge in [0, 0.05) is 10.2 Å². The normalized spacial score (nSPS) is 13.4. The zero-order chi connectivity index (χ0) is 14.6. The Bertz CT molecular complexity index is 501. The highest BCUT2D eigenvalue weighted by molar-refractivity contribution is 9.10. The van der Waals surface area contributed by atoms with Gasteiger partial charge in [-0.1, -0.05) is 41.0 Å². The average Bonchev–Trinajstić information content (AvgIpc) is 2.33. The number of hydrogen-bond donors (Lipinski definition) is 3. The number of nitrogens with one attached hydrogen (secondary N) is 1. The molecule has 1 amide bonds. The summed E-state index contributed by atoms with van der Waals surface area (Å²) in [5.74, 6) is -1.10. The topological polar surface area (TPSA) is 87.7 Å². The van der Waals surface area contributed by atoms with Gasteiger partial charge in [0.1, 0.15) is 5.92 Å². The molecule has 0 aliphatic heterocycles. The van der Waals surface area contributed by atoms with E-state index in [0.29, 0.717) is 5.69 Å². The molecule has 0 fully saturated rings. The highest BCUT2D eigenvalue weighted by Crippen LogP contribution is 2.22. The first kappa shape index (κ1) is 15.5. The smallest absolute Gasteiger partial charge is 0.235 e. The predicted molar refractivity (Wildman–Crippen MR) is 79.2 cm³/mol. The van der Waals surface area contributed by atoms with Crippen molar-refractivity contribution in [3.63, 3.8) is 0 Å². The molecule has 0 bridgehead atoms. The van der Waals surface area contributed by atoms with Gasteiger partial charge in [-0.05, 0) is 30.5 Å². The number of amidine groups is 1. The first-order valence-electron chi connectivity index (χ1n) is 5.91. The second-order valence-corrected chi connectivity index (χ2v) is 5.55. The van der Waals surface area contributed by atoms with Crippen LogP contribution in [0.25, 0.3) is 0 Å².